The van der Waals surface area contributed by atoms with Gasteiger partial charge in [0.2, 0.25) is 5.88 Å². The molecule has 1 aromatic carbocycles. The quantitative estimate of drug-likeness (QED) is 0.581. The van der Waals surface area contributed by atoms with Crippen molar-refractivity contribution in [2.24, 2.45) is 7.05 Å². The number of ether oxygens (including phenoxy) is 1. The lowest BCUT2D eigenvalue weighted by atomic mass is 10.1. The maximum absolute atomic E-state index is 13.2. The fourth-order valence-electron chi connectivity index (χ4n) is 2.88. The zero-order valence-corrected chi connectivity index (χ0v) is 17.6. The number of benzene rings is 1. The molecule has 10 heteroatoms. The predicted molar refractivity (Wildman–Crippen MR) is 116 cm³/mol. The van der Waals surface area contributed by atoms with E-state index in [1.54, 1.807) is 19.3 Å². The van der Waals surface area contributed by atoms with E-state index in [4.69, 9.17) is 4.74 Å². The highest BCUT2D eigenvalue weighted by Gasteiger charge is 2.17. The summed E-state index contributed by atoms with van der Waals surface area (Å²) in [4.78, 5) is 27.3. The molecule has 0 amide bonds. The Bertz CT molecular complexity index is 1360. The molecule has 0 saturated carbocycles. The summed E-state index contributed by atoms with van der Waals surface area (Å²) in [6, 6.07) is 8.09. The van der Waals surface area contributed by atoms with E-state index in [-0.39, 0.29) is 22.9 Å². The van der Waals surface area contributed by atoms with Crippen molar-refractivity contribution in [2.75, 3.05) is 4.72 Å². The van der Waals surface area contributed by atoms with Crippen molar-refractivity contribution in [1.82, 2.24) is 9.55 Å². The van der Waals surface area contributed by atoms with Gasteiger partial charge in [0.25, 0.3) is 21.1 Å². The minimum atomic E-state index is -3.94. The zero-order chi connectivity index (χ0) is 22.8. The first-order chi connectivity index (χ1) is 14.6. The molecule has 31 heavy (non-hydrogen) atoms. The van der Waals surface area contributed by atoms with Crippen LogP contribution in [0.5, 0.6) is 11.6 Å². The number of pyridine rings is 2. The van der Waals surface area contributed by atoms with Gasteiger partial charge in [0.1, 0.15) is 17.3 Å². The summed E-state index contributed by atoms with van der Waals surface area (Å²) in [5.41, 5.74) is 0.152. The van der Waals surface area contributed by atoms with Gasteiger partial charge in [-0.05, 0) is 42.8 Å². The highest BCUT2D eigenvalue weighted by molar-refractivity contribution is 7.95. The molecule has 0 spiro atoms. The normalized spacial score (nSPS) is 11.2. The number of sulfonamides is 1. The van der Waals surface area contributed by atoms with E-state index in [1.165, 1.54) is 34.9 Å². The van der Waals surface area contributed by atoms with Crippen molar-refractivity contribution < 1.29 is 17.5 Å². The van der Waals surface area contributed by atoms with Crippen LogP contribution in [0.3, 0.4) is 0 Å². The number of H-pyrrole nitrogens is 1. The van der Waals surface area contributed by atoms with Crippen molar-refractivity contribution in [3.05, 3.63) is 86.7 Å². The van der Waals surface area contributed by atoms with Crippen molar-refractivity contribution in [3.8, 4) is 22.8 Å². The van der Waals surface area contributed by atoms with Gasteiger partial charge in [0.15, 0.2) is 0 Å². The van der Waals surface area contributed by atoms with Crippen molar-refractivity contribution in [1.29, 1.82) is 0 Å². The van der Waals surface area contributed by atoms with E-state index < -0.39 is 21.4 Å². The molecule has 0 saturated heterocycles. The molecule has 2 aromatic heterocycles. The van der Waals surface area contributed by atoms with Gasteiger partial charge in [0, 0.05) is 35.3 Å². The summed E-state index contributed by atoms with van der Waals surface area (Å²) in [7, 11) is -2.36. The first kappa shape index (κ1) is 22.0. The zero-order valence-electron chi connectivity index (χ0n) is 16.8. The summed E-state index contributed by atoms with van der Waals surface area (Å²) < 4.78 is 46.3. The molecule has 0 aliphatic heterocycles. The Labute approximate surface area is 177 Å². The molecule has 8 nitrogen and oxygen atoms in total. The minimum absolute atomic E-state index is 0.00105. The Kier molecular flexibility index (Phi) is 6.11. The third-order valence-electron chi connectivity index (χ3n) is 4.46. The molecule has 162 valence electrons. The third kappa shape index (κ3) is 4.92. The maximum Gasteiger partial charge on any atom is 0.275 e. The first-order valence-corrected chi connectivity index (χ1v) is 10.7. The molecule has 0 aliphatic rings. The largest absolute Gasteiger partial charge is 0.440 e. The van der Waals surface area contributed by atoms with Crippen molar-refractivity contribution >= 4 is 15.7 Å². The number of hydrogen-bond acceptors (Lipinski definition) is 5. The second-order valence-corrected chi connectivity index (χ2v) is 8.28. The van der Waals surface area contributed by atoms with Gasteiger partial charge in [-0.2, -0.15) is 0 Å². The third-order valence-corrected chi connectivity index (χ3v) is 5.40. The molecule has 0 bridgehead atoms. The summed E-state index contributed by atoms with van der Waals surface area (Å²) in [5.74, 6) is -0.210. The van der Waals surface area contributed by atoms with Crippen molar-refractivity contribution in [2.45, 2.75) is 13.3 Å². The molecule has 0 unspecified atom stereocenters. The lowest BCUT2D eigenvalue weighted by molar-refractivity contribution is 0.462. The smallest absolute Gasteiger partial charge is 0.275 e. The van der Waals surface area contributed by atoms with Crippen LogP contribution in [0.4, 0.5) is 10.1 Å². The van der Waals surface area contributed by atoms with Crippen LogP contribution in [0.25, 0.3) is 11.1 Å². The minimum Gasteiger partial charge on any atom is -0.440 e. The van der Waals surface area contributed by atoms with E-state index in [9.17, 15) is 22.4 Å². The van der Waals surface area contributed by atoms with Crippen LogP contribution in [-0.2, 0) is 23.5 Å². The summed E-state index contributed by atoms with van der Waals surface area (Å²) in [6.07, 6.45) is 2.01. The first-order valence-electron chi connectivity index (χ1n) is 9.19. The Balaban J connectivity index is 2.23. The van der Waals surface area contributed by atoms with Crippen LogP contribution < -0.4 is 20.6 Å². The number of halogens is 1. The van der Waals surface area contributed by atoms with E-state index >= 15 is 0 Å². The molecule has 2 N–H and O–H groups in total. The Morgan fingerprint density at radius 3 is 2.52 bits per heavy atom. The summed E-state index contributed by atoms with van der Waals surface area (Å²) in [6.45, 7) is 5.03. The molecular weight excluding hydrogens is 425 g/mol. The fourth-order valence-corrected chi connectivity index (χ4v) is 3.42. The van der Waals surface area contributed by atoms with Crippen LogP contribution in [0.2, 0.25) is 0 Å². The second-order valence-electron chi connectivity index (χ2n) is 6.65. The van der Waals surface area contributed by atoms with Gasteiger partial charge in [-0.25, -0.2) is 12.8 Å². The number of aryl methyl sites for hydroxylation is 2. The second kappa shape index (κ2) is 8.60. The van der Waals surface area contributed by atoms with Crippen LogP contribution in [0.15, 0.2) is 64.2 Å². The Morgan fingerprint density at radius 2 is 1.90 bits per heavy atom. The van der Waals surface area contributed by atoms with Crippen LogP contribution in [0.1, 0.15) is 12.5 Å². The Hall–Kier alpha value is -3.66. The van der Waals surface area contributed by atoms with E-state index in [1.807, 2.05) is 6.92 Å². The van der Waals surface area contributed by atoms with Gasteiger partial charge >= 0.3 is 0 Å². The average molecular weight is 445 g/mol. The number of nitrogens with zero attached hydrogens (tertiary/aromatic N) is 1. The highest BCUT2D eigenvalue weighted by atomic mass is 32.2. The number of aromatic nitrogens is 2. The number of rotatable bonds is 7. The molecular formula is C21H20FN3O5S. The Morgan fingerprint density at radius 1 is 1.23 bits per heavy atom. The van der Waals surface area contributed by atoms with Gasteiger partial charge in [-0.1, -0.05) is 13.5 Å². The lowest BCUT2D eigenvalue weighted by Gasteiger charge is -2.15. The maximum atomic E-state index is 13.2. The van der Waals surface area contributed by atoms with Gasteiger partial charge in [0.05, 0.1) is 0 Å². The number of nitrogens with one attached hydrogen (secondary N) is 2. The van der Waals surface area contributed by atoms with Gasteiger partial charge < -0.3 is 9.30 Å². The van der Waals surface area contributed by atoms with Crippen LogP contribution >= 0.6 is 0 Å². The van der Waals surface area contributed by atoms with Gasteiger partial charge in [-0.15, -0.1) is 0 Å². The number of anilines is 1. The van der Waals surface area contributed by atoms with E-state index in [0.717, 1.165) is 0 Å². The standard InChI is InChI=1S/C21H20FN3O5S/c1-4-13-10-14(12-25(3)21(13)27)17-11-18(24-31(28,29)5-2)19(26)23-20(17)30-16-8-6-15(22)7-9-16/h5-12,24H,2,4H2,1,3H3,(H,23,26). The lowest BCUT2D eigenvalue weighted by Crippen LogP contribution is -2.21. The molecule has 3 aromatic rings. The molecule has 2 heterocycles. The van der Waals surface area contributed by atoms with Gasteiger partial charge in [-0.3, -0.25) is 19.3 Å². The number of hydrogen-bond donors (Lipinski definition) is 2. The summed E-state index contributed by atoms with van der Waals surface area (Å²) in [5, 5.41) is 0.677. The van der Waals surface area contributed by atoms with E-state index in [2.05, 4.69) is 16.3 Å². The average Bonchev–Trinajstić information content (AvgIpc) is 2.73. The van der Waals surface area contributed by atoms with Crippen molar-refractivity contribution in [3.63, 3.8) is 0 Å². The van der Waals surface area contributed by atoms with Crippen LogP contribution in [0, 0.1) is 5.82 Å². The summed E-state index contributed by atoms with van der Waals surface area (Å²) >= 11 is 0. The van der Waals surface area contributed by atoms with Crippen LogP contribution in [-0.4, -0.2) is 18.0 Å². The monoisotopic (exact) mass is 445 g/mol. The molecule has 0 aliphatic carbocycles. The molecule has 0 fully saturated rings. The fraction of sp³-hybridized carbons (Fsp3) is 0.143. The molecule has 0 atom stereocenters. The van der Waals surface area contributed by atoms with E-state index in [0.29, 0.717) is 28.5 Å². The SMILES string of the molecule is C=CS(=O)(=O)Nc1cc(-c2cc(CC)c(=O)n(C)c2)c(Oc2ccc(F)cc2)[nH]c1=O. The topological polar surface area (TPSA) is 110 Å². The predicted octanol–water partition coefficient (Wildman–Crippen LogP) is 3.12. The number of aromatic amines is 1. The molecule has 3 rings (SSSR count). The highest BCUT2D eigenvalue weighted by Crippen LogP contribution is 2.32. The molecule has 0 radical (unpaired) electrons.